The molecular weight excluding hydrogens is 232 g/mol. The lowest BCUT2D eigenvalue weighted by Crippen LogP contribution is -2.43. The quantitative estimate of drug-likeness (QED) is 0.840. The van der Waals surface area contributed by atoms with Gasteiger partial charge in [-0.15, -0.1) is 0 Å². The van der Waals surface area contributed by atoms with E-state index in [1.807, 2.05) is 4.90 Å². The van der Waals surface area contributed by atoms with Crippen molar-refractivity contribution in [3.8, 4) is 0 Å². The molecule has 96 valence electrons. The lowest BCUT2D eigenvalue weighted by atomic mass is 10.3. The largest absolute Gasteiger partial charge is 0.394 e. The number of rotatable bonds is 4. The summed E-state index contributed by atoms with van der Waals surface area (Å²) in [6, 6.07) is 0. The third-order valence-corrected chi connectivity index (χ3v) is 2.75. The molecule has 0 spiro atoms. The van der Waals surface area contributed by atoms with E-state index in [0.29, 0.717) is 32.1 Å². The second kappa shape index (κ2) is 5.52. The molecule has 0 aliphatic carbocycles. The van der Waals surface area contributed by atoms with E-state index in [4.69, 9.17) is 9.84 Å². The van der Waals surface area contributed by atoms with E-state index >= 15 is 0 Å². The van der Waals surface area contributed by atoms with Gasteiger partial charge >= 0.3 is 6.55 Å². The Morgan fingerprint density at radius 3 is 3.12 bits per heavy atom. The Balaban J connectivity index is 1.98. The van der Waals surface area contributed by atoms with Crippen molar-refractivity contribution in [1.82, 2.24) is 14.5 Å². The first-order valence-electron chi connectivity index (χ1n) is 5.45. The summed E-state index contributed by atoms with van der Waals surface area (Å²) in [5, 5.41) is 8.99. The van der Waals surface area contributed by atoms with Crippen molar-refractivity contribution in [3.63, 3.8) is 0 Å². The fourth-order valence-corrected chi connectivity index (χ4v) is 1.88. The van der Waals surface area contributed by atoms with Gasteiger partial charge in [0, 0.05) is 25.5 Å². The molecule has 7 heteroatoms. The standard InChI is InChI=1S/C10H15F2N3O2/c11-10(12)15-2-1-13-9(15)6-14-3-4-17-8(5-14)7-16/h1-2,8,10,16H,3-7H2. The molecule has 1 aliphatic heterocycles. The van der Waals surface area contributed by atoms with Crippen LogP contribution in [0.15, 0.2) is 12.4 Å². The number of nitrogens with zero attached hydrogens (tertiary/aromatic N) is 3. The molecule has 0 aromatic carbocycles. The number of morpholine rings is 1. The summed E-state index contributed by atoms with van der Waals surface area (Å²) >= 11 is 0. The van der Waals surface area contributed by atoms with Gasteiger partial charge in [-0.2, -0.15) is 8.78 Å². The molecule has 1 saturated heterocycles. The maximum atomic E-state index is 12.6. The van der Waals surface area contributed by atoms with Crippen LogP contribution in [0.2, 0.25) is 0 Å². The normalized spacial score (nSPS) is 22.2. The zero-order valence-electron chi connectivity index (χ0n) is 9.30. The number of halogens is 2. The first-order chi connectivity index (χ1) is 8.20. The van der Waals surface area contributed by atoms with E-state index in [2.05, 4.69) is 4.98 Å². The number of hydrogen-bond acceptors (Lipinski definition) is 4. The van der Waals surface area contributed by atoms with Crippen molar-refractivity contribution in [3.05, 3.63) is 18.2 Å². The molecule has 1 aromatic rings. The zero-order valence-corrected chi connectivity index (χ0v) is 9.30. The molecular formula is C10H15F2N3O2. The van der Waals surface area contributed by atoms with Gasteiger partial charge in [0.1, 0.15) is 5.82 Å². The van der Waals surface area contributed by atoms with Crippen molar-refractivity contribution in [1.29, 1.82) is 0 Å². The number of ether oxygens (including phenoxy) is 1. The highest BCUT2D eigenvalue weighted by Crippen LogP contribution is 2.15. The summed E-state index contributed by atoms with van der Waals surface area (Å²) in [5.41, 5.74) is 0. The van der Waals surface area contributed by atoms with E-state index in [-0.39, 0.29) is 12.7 Å². The Kier molecular flexibility index (Phi) is 4.03. The van der Waals surface area contributed by atoms with Crippen LogP contribution in [0.1, 0.15) is 12.4 Å². The Morgan fingerprint density at radius 2 is 2.41 bits per heavy atom. The molecule has 1 aliphatic rings. The van der Waals surface area contributed by atoms with Gasteiger partial charge in [0.05, 0.1) is 25.9 Å². The number of aliphatic hydroxyl groups excluding tert-OH is 1. The predicted molar refractivity (Wildman–Crippen MR) is 55.6 cm³/mol. The average molecular weight is 247 g/mol. The highest BCUT2D eigenvalue weighted by Gasteiger charge is 2.22. The third-order valence-electron chi connectivity index (χ3n) is 2.75. The van der Waals surface area contributed by atoms with E-state index in [9.17, 15) is 8.78 Å². The second-order valence-electron chi connectivity index (χ2n) is 3.94. The van der Waals surface area contributed by atoms with Gasteiger partial charge in [-0.3, -0.25) is 9.47 Å². The number of imidazole rings is 1. The SMILES string of the molecule is OCC1CN(Cc2nccn2C(F)F)CCO1. The van der Waals surface area contributed by atoms with Crippen molar-refractivity contribution < 1.29 is 18.6 Å². The van der Waals surface area contributed by atoms with E-state index in [1.54, 1.807) is 0 Å². The fraction of sp³-hybridized carbons (Fsp3) is 0.700. The monoisotopic (exact) mass is 247 g/mol. The van der Waals surface area contributed by atoms with Crippen molar-refractivity contribution in [2.45, 2.75) is 19.2 Å². The third kappa shape index (κ3) is 2.99. The highest BCUT2D eigenvalue weighted by atomic mass is 19.3. The van der Waals surface area contributed by atoms with Gasteiger partial charge in [0.15, 0.2) is 0 Å². The van der Waals surface area contributed by atoms with Crippen LogP contribution in [0.5, 0.6) is 0 Å². The van der Waals surface area contributed by atoms with Crippen LogP contribution < -0.4 is 0 Å². The van der Waals surface area contributed by atoms with Crippen LogP contribution in [-0.2, 0) is 11.3 Å². The lowest BCUT2D eigenvalue weighted by Gasteiger charge is -2.31. The van der Waals surface area contributed by atoms with Crippen LogP contribution in [0, 0.1) is 0 Å². The molecule has 5 nitrogen and oxygen atoms in total. The lowest BCUT2D eigenvalue weighted by molar-refractivity contribution is -0.0567. The minimum atomic E-state index is -2.57. The Bertz CT molecular complexity index is 359. The molecule has 0 saturated carbocycles. The molecule has 2 heterocycles. The molecule has 2 rings (SSSR count). The Morgan fingerprint density at radius 1 is 1.59 bits per heavy atom. The van der Waals surface area contributed by atoms with Crippen LogP contribution in [0.3, 0.4) is 0 Å². The fourth-order valence-electron chi connectivity index (χ4n) is 1.88. The van der Waals surface area contributed by atoms with Crippen molar-refractivity contribution >= 4 is 0 Å². The van der Waals surface area contributed by atoms with Crippen LogP contribution in [0.25, 0.3) is 0 Å². The molecule has 0 amide bonds. The van der Waals surface area contributed by atoms with E-state index < -0.39 is 6.55 Å². The van der Waals surface area contributed by atoms with Crippen LogP contribution in [-0.4, -0.2) is 52.0 Å². The summed E-state index contributed by atoms with van der Waals surface area (Å²) in [5.74, 6) is 0.332. The van der Waals surface area contributed by atoms with Crippen LogP contribution >= 0.6 is 0 Å². The number of hydrogen-bond donors (Lipinski definition) is 1. The van der Waals surface area contributed by atoms with Crippen molar-refractivity contribution in [2.75, 3.05) is 26.3 Å². The summed E-state index contributed by atoms with van der Waals surface area (Å²) in [6.07, 6.45) is 2.40. The molecule has 1 aromatic heterocycles. The molecule has 0 radical (unpaired) electrons. The number of aliphatic hydroxyl groups is 1. The molecule has 0 bridgehead atoms. The predicted octanol–water partition coefficient (Wildman–Crippen LogP) is 0.471. The maximum Gasteiger partial charge on any atom is 0.319 e. The second-order valence-corrected chi connectivity index (χ2v) is 3.94. The minimum absolute atomic E-state index is 0.0558. The summed E-state index contributed by atoms with van der Waals surface area (Å²) in [6.45, 7) is -0.584. The van der Waals surface area contributed by atoms with E-state index in [1.165, 1.54) is 12.4 Å². The minimum Gasteiger partial charge on any atom is -0.394 e. The van der Waals surface area contributed by atoms with Gasteiger partial charge in [0.2, 0.25) is 0 Å². The molecule has 1 N–H and O–H groups in total. The Hall–Kier alpha value is -1.05. The number of aromatic nitrogens is 2. The number of alkyl halides is 2. The van der Waals surface area contributed by atoms with Gasteiger partial charge in [0.25, 0.3) is 0 Å². The highest BCUT2D eigenvalue weighted by molar-refractivity contribution is 4.93. The van der Waals surface area contributed by atoms with Gasteiger partial charge in [-0.05, 0) is 0 Å². The van der Waals surface area contributed by atoms with Gasteiger partial charge < -0.3 is 9.84 Å². The smallest absolute Gasteiger partial charge is 0.319 e. The molecule has 1 fully saturated rings. The van der Waals surface area contributed by atoms with Crippen LogP contribution in [0.4, 0.5) is 8.78 Å². The summed E-state index contributed by atoms with van der Waals surface area (Å²) in [4.78, 5) is 5.87. The Labute approximate surface area is 97.6 Å². The van der Waals surface area contributed by atoms with E-state index in [0.717, 1.165) is 4.57 Å². The molecule has 17 heavy (non-hydrogen) atoms. The van der Waals surface area contributed by atoms with Gasteiger partial charge in [-0.1, -0.05) is 0 Å². The summed E-state index contributed by atoms with van der Waals surface area (Å²) in [7, 11) is 0. The van der Waals surface area contributed by atoms with Gasteiger partial charge in [-0.25, -0.2) is 4.98 Å². The maximum absolute atomic E-state index is 12.6. The summed E-state index contributed by atoms with van der Waals surface area (Å²) < 4.78 is 31.3. The topological polar surface area (TPSA) is 50.5 Å². The molecule has 1 atom stereocenters. The average Bonchev–Trinajstić information content (AvgIpc) is 2.77. The zero-order chi connectivity index (χ0) is 12.3. The van der Waals surface area contributed by atoms with Crippen molar-refractivity contribution in [2.24, 2.45) is 0 Å². The molecule has 1 unspecified atom stereocenters. The first kappa shape index (κ1) is 12.4. The first-order valence-corrected chi connectivity index (χ1v) is 5.45.